The molecule has 1 unspecified atom stereocenters. The molecular weight excluding hydrogens is 720 g/mol. The number of carbonyl (C=O) groups is 2. The number of ketones is 1. The Bertz CT molecular complexity index is 2030. The number of anilines is 1. The molecule has 6 rings (SSSR count). The van der Waals surface area contributed by atoms with Gasteiger partial charge in [-0.2, -0.15) is 0 Å². The van der Waals surface area contributed by atoms with Crippen molar-refractivity contribution in [2.75, 3.05) is 4.90 Å². The van der Waals surface area contributed by atoms with Crippen molar-refractivity contribution in [3.63, 3.8) is 0 Å². The number of halogens is 4. The third-order valence-corrected chi connectivity index (χ3v) is 10.9. The molecule has 2 heterocycles. The summed E-state index contributed by atoms with van der Waals surface area (Å²) in [4.78, 5) is 28.4. The van der Waals surface area contributed by atoms with Gasteiger partial charge < -0.3 is 9.84 Å². The van der Waals surface area contributed by atoms with E-state index in [9.17, 15) is 14.7 Å². The molecule has 0 radical (unpaired) electrons. The molecular formula is C34H23Cl4N3O4S2. The zero-order chi connectivity index (χ0) is 33.2. The maximum Gasteiger partial charge on any atom is 0.301 e. The first kappa shape index (κ1) is 33.3. The normalized spacial score (nSPS) is 15.8. The second-order valence-corrected chi connectivity index (χ2v) is 14.3. The Morgan fingerprint density at radius 3 is 2.38 bits per heavy atom. The highest BCUT2D eigenvalue weighted by Crippen LogP contribution is 2.45. The van der Waals surface area contributed by atoms with Crippen molar-refractivity contribution in [3.05, 3.63) is 138 Å². The van der Waals surface area contributed by atoms with Crippen LogP contribution in [0, 0.1) is 6.92 Å². The van der Waals surface area contributed by atoms with Crippen LogP contribution >= 0.6 is 69.5 Å². The van der Waals surface area contributed by atoms with E-state index in [2.05, 4.69) is 10.2 Å². The molecule has 1 saturated heterocycles. The highest BCUT2D eigenvalue weighted by atomic mass is 35.5. The van der Waals surface area contributed by atoms with Crippen molar-refractivity contribution in [2.24, 2.45) is 0 Å². The quantitative estimate of drug-likeness (QED) is 0.0528. The van der Waals surface area contributed by atoms with Crippen LogP contribution in [-0.4, -0.2) is 27.0 Å². The Morgan fingerprint density at radius 1 is 0.894 bits per heavy atom. The number of Topliss-reactive ketones (excluding diaryl/α,β-unsaturated/α-hetero) is 1. The number of aliphatic hydroxyl groups excluding tert-OH is 1. The number of ether oxygens (including phenoxy) is 1. The average molecular weight is 744 g/mol. The summed E-state index contributed by atoms with van der Waals surface area (Å²) >= 11 is 27.4. The number of benzene rings is 4. The monoisotopic (exact) mass is 741 g/mol. The SMILES string of the molecule is Cc1ccccc1COc1ccc(/C(O)=C2\C(=O)C(=O)N(c3nnc(SCc4ccc(Cl)cc4Cl)s3)C2c2ccc(Cl)c(Cl)c2)cc1. The predicted molar refractivity (Wildman–Crippen MR) is 189 cm³/mol. The summed E-state index contributed by atoms with van der Waals surface area (Å²) in [6, 6.07) is 23.5. The van der Waals surface area contributed by atoms with Crippen molar-refractivity contribution >= 4 is 92.1 Å². The molecule has 0 spiro atoms. The van der Waals surface area contributed by atoms with Crippen LogP contribution in [0.2, 0.25) is 20.1 Å². The van der Waals surface area contributed by atoms with Gasteiger partial charge in [0.2, 0.25) is 5.13 Å². The van der Waals surface area contributed by atoms with Gasteiger partial charge in [0.15, 0.2) is 4.34 Å². The standard InChI is InChI=1S/C34H23Cl4N3O4S2/c1-18-4-2-3-5-21(18)16-45-24-11-7-19(8-12-24)30(42)28-29(20-9-13-25(36)27(38)14-20)41(32(44)31(28)43)33-39-40-34(47-33)46-17-22-6-10-23(35)15-26(22)37/h2-15,29,42H,16-17H2,1H3/b30-28+. The molecule has 1 atom stereocenters. The Kier molecular flexibility index (Phi) is 10.1. The first-order chi connectivity index (χ1) is 22.6. The van der Waals surface area contributed by atoms with Crippen LogP contribution in [0.3, 0.4) is 0 Å². The Labute approximate surface area is 298 Å². The van der Waals surface area contributed by atoms with Gasteiger partial charge in [-0.1, -0.05) is 106 Å². The fourth-order valence-electron chi connectivity index (χ4n) is 4.96. The largest absolute Gasteiger partial charge is 0.507 e. The Morgan fingerprint density at radius 2 is 1.66 bits per heavy atom. The van der Waals surface area contributed by atoms with E-state index in [1.165, 1.54) is 16.7 Å². The van der Waals surface area contributed by atoms with Gasteiger partial charge in [0.05, 0.1) is 21.7 Å². The molecule has 0 aliphatic carbocycles. The lowest BCUT2D eigenvalue weighted by Crippen LogP contribution is -2.29. The highest BCUT2D eigenvalue weighted by Gasteiger charge is 2.48. The maximum atomic E-state index is 13.6. The van der Waals surface area contributed by atoms with E-state index < -0.39 is 17.7 Å². The average Bonchev–Trinajstić information content (AvgIpc) is 3.63. The molecule has 1 aliphatic rings. The van der Waals surface area contributed by atoms with Gasteiger partial charge in [-0.15, -0.1) is 10.2 Å². The summed E-state index contributed by atoms with van der Waals surface area (Å²) in [6.45, 7) is 2.38. The Hall–Kier alpha value is -3.57. The predicted octanol–water partition coefficient (Wildman–Crippen LogP) is 9.96. The van der Waals surface area contributed by atoms with Gasteiger partial charge >= 0.3 is 5.91 Å². The smallest absolute Gasteiger partial charge is 0.301 e. The second-order valence-electron chi connectivity index (χ2n) is 10.5. The lowest BCUT2D eigenvalue weighted by Gasteiger charge is -2.23. The van der Waals surface area contributed by atoms with Crippen LogP contribution < -0.4 is 9.64 Å². The zero-order valence-electron chi connectivity index (χ0n) is 24.4. The summed E-state index contributed by atoms with van der Waals surface area (Å²) in [5, 5.41) is 21.8. The molecule has 1 fully saturated rings. The number of aryl methyl sites for hydroxylation is 1. The summed E-state index contributed by atoms with van der Waals surface area (Å²) in [6.07, 6.45) is 0. The third-order valence-electron chi connectivity index (χ3n) is 7.46. The summed E-state index contributed by atoms with van der Waals surface area (Å²) < 4.78 is 6.48. The zero-order valence-corrected chi connectivity index (χ0v) is 29.1. The highest BCUT2D eigenvalue weighted by molar-refractivity contribution is 8.00. The Balaban J connectivity index is 1.31. The molecule has 1 amide bonds. The molecule has 13 heteroatoms. The maximum absolute atomic E-state index is 13.6. The van der Waals surface area contributed by atoms with E-state index in [1.807, 2.05) is 37.3 Å². The van der Waals surface area contributed by atoms with Crippen LogP contribution in [0.25, 0.3) is 5.76 Å². The van der Waals surface area contributed by atoms with E-state index in [0.29, 0.717) is 48.6 Å². The summed E-state index contributed by atoms with van der Waals surface area (Å²) in [5.41, 5.74) is 3.66. The van der Waals surface area contributed by atoms with E-state index in [-0.39, 0.29) is 21.5 Å². The van der Waals surface area contributed by atoms with Gasteiger partial charge in [0, 0.05) is 21.4 Å². The number of carbonyl (C=O) groups excluding carboxylic acids is 2. The van der Waals surface area contributed by atoms with Gasteiger partial charge in [0.25, 0.3) is 5.78 Å². The van der Waals surface area contributed by atoms with E-state index in [4.69, 9.17) is 51.1 Å². The van der Waals surface area contributed by atoms with Crippen molar-refractivity contribution in [1.29, 1.82) is 0 Å². The number of hydrogen-bond acceptors (Lipinski definition) is 8. The topological polar surface area (TPSA) is 92.6 Å². The minimum absolute atomic E-state index is 0.126. The summed E-state index contributed by atoms with van der Waals surface area (Å²) in [5.74, 6) is -1.05. The molecule has 0 bridgehead atoms. The van der Waals surface area contributed by atoms with Gasteiger partial charge in [-0.25, -0.2) is 0 Å². The number of amides is 1. The van der Waals surface area contributed by atoms with Gasteiger partial charge in [0.1, 0.15) is 18.1 Å². The number of hydrogen-bond donors (Lipinski definition) is 1. The van der Waals surface area contributed by atoms with E-state index in [1.54, 1.807) is 54.6 Å². The van der Waals surface area contributed by atoms with Crippen molar-refractivity contribution in [2.45, 2.75) is 29.7 Å². The van der Waals surface area contributed by atoms with E-state index >= 15 is 0 Å². The molecule has 47 heavy (non-hydrogen) atoms. The second kappa shape index (κ2) is 14.3. The first-order valence-electron chi connectivity index (χ1n) is 14.0. The molecule has 238 valence electrons. The van der Waals surface area contributed by atoms with Gasteiger partial charge in [-0.05, 0) is 77.7 Å². The number of aliphatic hydroxyl groups is 1. The lowest BCUT2D eigenvalue weighted by atomic mass is 9.95. The van der Waals surface area contributed by atoms with Crippen molar-refractivity contribution < 1.29 is 19.4 Å². The first-order valence-corrected chi connectivity index (χ1v) is 17.4. The van der Waals surface area contributed by atoms with Crippen LogP contribution in [0.1, 0.15) is 33.9 Å². The molecule has 1 N–H and O–H groups in total. The molecule has 0 saturated carbocycles. The minimum Gasteiger partial charge on any atom is -0.507 e. The van der Waals surface area contributed by atoms with Crippen molar-refractivity contribution in [3.8, 4) is 5.75 Å². The van der Waals surface area contributed by atoms with Crippen LogP contribution in [0.5, 0.6) is 5.75 Å². The van der Waals surface area contributed by atoms with Crippen LogP contribution in [-0.2, 0) is 21.9 Å². The molecule has 1 aromatic heterocycles. The van der Waals surface area contributed by atoms with Crippen molar-refractivity contribution in [1.82, 2.24) is 10.2 Å². The molecule has 1 aliphatic heterocycles. The molecule has 4 aromatic carbocycles. The fraction of sp³-hybridized carbons (Fsp3) is 0.118. The van der Waals surface area contributed by atoms with Crippen LogP contribution in [0.4, 0.5) is 5.13 Å². The van der Waals surface area contributed by atoms with E-state index in [0.717, 1.165) is 28.0 Å². The third kappa shape index (κ3) is 7.16. The molecule has 5 aromatic rings. The molecule has 7 nitrogen and oxygen atoms in total. The number of nitrogens with zero attached hydrogens (tertiary/aromatic N) is 3. The number of aromatic nitrogens is 2. The summed E-state index contributed by atoms with van der Waals surface area (Å²) in [7, 11) is 0. The van der Waals surface area contributed by atoms with Gasteiger partial charge in [-0.3, -0.25) is 14.5 Å². The van der Waals surface area contributed by atoms with Crippen LogP contribution in [0.15, 0.2) is 94.8 Å². The minimum atomic E-state index is -1.06. The number of rotatable bonds is 9. The lowest BCUT2D eigenvalue weighted by molar-refractivity contribution is -0.132. The number of thioether (sulfide) groups is 1. The fourth-order valence-corrected chi connectivity index (χ4v) is 7.69.